The molecule has 0 unspecified atom stereocenters. The average molecular weight is 303 g/mol. The standard InChI is InChI=1S/C20H21N3/c1-22(2)18-10-12-19(13-11-18)23-14-6-9-20(23)16-21-15-17-7-4-3-5-8-17/h3-14,16H,15H2,1-2H3. The zero-order valence-corrected chi connectivity index (χ0v) is 13.6. The first-order valence-electron chi connectivity index (χ1n) is 7.73. The minimum absolute atomic E-state index is 0.700. The summed E-state index contributed by atoms with van der Waals surface area (Å²) in [5.74, 6) is 0. The maximum Gasteiger partial charge on any atom is 0.0640 e. The van der Waals surface area contributed by atoms with E-state index in [-0.39, 0.29) is 0 Å². The van der Waals surface area contributed by atoms with Crippen molar-refractivity contribution >= 4 is 11.9 Å². The Balaban J connectivity index is 1.76. The van der Waals surface area contributed by atoms with E-state index < -0.39 is 0 Å². The van der Waals surface area contributed by atoms with Crippen LogP contribution in [0, 0.1) is 0 Å². The molecule has 3 heteroatoms. The Morgan fingerprint density at radius 3 is 2.35 bits per heavy atom. The van der Waals surface area contributed by atoms with Gasteiger partial charge in [0.25, 0.3) is 0 Å². The molecule has 0 saturated carbocycles. The fraction of sp³-hybridized carbons (Fsp3) is 0.150. The summed E-state index contributed by atoms with van der Waals surface area (Å²) in [5, 5.41) is 0. The molecule has 0 atom stereocenters. The summed E-state index contributed by atoms with van der Waals surface area (Å²) in [4.78, 5) is 6.66. The van der Waals surface area contributed by atoms with Gasteiger partial charge in [0.05, 0.1) is 12.2 Å². The van der Waals surface area contributed by atoms with Crippen LogP contribution in [0.4, 0.5) is 5.69 Å². The molecule has 0 N–H and O–H groups in total. The van der Waals surface area contributed by atoms with E-state index in [4.69, 9.17) is 0 Å². The number of rotatable bonds is 5. The van der Waals surface area contributed by atoms with Crippen LogP contribution in [0.15, 0.2) is 77.9 Å². The van der Waals surface area contributed by atoms with Gasteiger partial charge in [0, 0.05) is 37.9 Å². The highest BCUT2D eigenvalue weighted by atomic mass is 15.1. The second-order valence-electron chi connectivity index (χ2n) is 5.67. The lowest BCUT2D eigenvalue weighted by molar-refractivity contribution is 1.04. The van der Waals surface area contributed by atoms with Crippen molar-refractivity contribution in [2.75, 3.05) is 19.0 Å². The first-order chi connectivity index (χ1) is 11.2. The quantitative estimate of drug-likeness (QED) is 0.648. The normalized spacial score (nSPS) is 11.0. The molecule has 23 heavy (non-hydrogen) atoms. The van der Waals surface area contributed by atoms with Crippen molar-refractivity contribution in [2.45, 2.75) is 6.54 Å². The fourth-order valence-corrected chi connectivity index (χ4v) is 2.47. The molecule has 0 saturated heterocycles. The van der Waals surface area contributed by atoms with Crippen LogP contribution in [0.2, 0.25) is 0 Å². The maximum absolute atomic E-state index is 4.56. The summed E-state index contributed by atoms with van der Waals surface area (Å²) in [6.45, 7) is 0.700. The van der Waals surface area contributed by atoms with Gasteiger partial charge in [0.1, 0.15) is 0 Å². The molecule has 0 fully saturated rings. The van der Waals surface area contributed by atoms with Crippen LogP contribution in [0.25, 0.3) is 5.69 Å². The highest BCUT2D eigenvalue weighted by Crippen LogP contribution is 2.17. The fourth-order valence-electron chi connectivity index (χ4n) is 2.47. The van der Waals surface area contributed by atoms with Gasteiger partial charge in [-0.1, -0.05) is 30.3 Å². The summed E-state index contributed by atoms with van der Waals surface area (Å²) in [6, 6.07) is 22.9. The first-order valence-corrected chi connectivity index (χ1v) is 7.73. The van der Waals surface area contributed by atoms with Crippen molar-refractivity contribution in [3.05, 3.63) is 84.2 Å². The molecule has 3 rings (SSSR count). The molecule has 0 bridgehead atoms. The van der Waals surface area contributed by atoms with E-state index in [9.17, 15) is 0 Å². The van der Waals surface area contributed by atoms with Crippen molar-refractivity contribution in [3.63, 3.8) is 0 Å². The van der Waals surface area contributed by atoms with Crippen LogP contribution >= 0.6 is 0 Å². The Bertz CT molecular complexity index is 768. The molecule has 0 aliphatic heterocycles. The molecule has 0 radical (unpaired) electrons. The monoisotopic (exact) mass is 303 g/mol. The number of benzene rings is 2. The molecule has 1 aromatic heterocycles. The largest absolute Gasteiger partial charge is 0.378 e. The highest BCUT2D eigenvalue weighted by Gasteiger charge is 2.02. The van der Waals surface area contributed by atoms with Crippen LogP contribution in [0.3, 0.4) is 0 Å². The number of aliphatic imine (C=N–C) groups is 1. The maximum atomic E-state index is 4.56. The number of hydrogen-bond acceptors (Lipinski definition) is 2. The lowest BCUT2D eigenvalue weighted by atomic mass is 10.2. The summed E-state index contributed by atoms with van der Waals surface area (Å²) >= 11 is 0. The summed E-state index contributed by atoms with van der Waals surface area (Å²) in [6.07, 6.45) is 4.00. The molecular weight excluding hydrogens is 282 g/mol. The second kappa shape index (κ2) is 6.97. The molecule has 0 aliphatic carbocycles. The Labute approximate surface area is 137 Å². The Kier molecular flexibility index (Phi) is 4.57. The second-order valence-corrected chi connectivity index (χ2v) is 5.67. The number of hydrogen-bond donors (Lipinski definition) is 0. The van der Waals surface area contributed by atoms with Crippen LogP contribution in [-0.2, 0) is 6.54 Å². The first kappa shape index (κ1) is 15.1. The van der Waals surface area contributed by atoms with Gasteiger partial charge in [0.2, 0.25) is 0 Å². The van der Waals surface area contributed by atoms with Gasteiger partial charge >= 0.3 is 0 Å². The molecule has 3 nitrogen and oxygen atoms in total. The van der Waals surface area contributed by atoms with E-state index in [1.54, 1.807) is 0 Å². The zero-order chi connectivity index (χ0) is 16.1. The number of nitrogens with zero attached hydrogens (tertiary/aromatic N) is 3. The number of aromatic nitrogens is 1. The molecule has 1 heterocycles. The molecule has 0 amide bonds. The predicted molar refractivity (Wildman–Crippen MR) is 97.8 cm³/mol. The molecule has 2 aromatic carbocycles. The third-order valence-corrected chi connectivity index (χ3v) is 3.76. The van der Waals surface area contributed by atoms with Gasteiger partial charge in [-0.25, -0.2) is 0 Å². The van der Waals surface area contributed by atoms with Crippen molar-refractivity contribution < 1.29 is 0 Å². The summed E-state index contributed by atoms with van der Waals surface area (Å²) in [5.41, 5.74) is 4.64. The van der Waals surface area contributed by atoms with Gasteiger partial charge < -0.3 is 9.47 Å². The van der Waals surface area contributed by atoms with Crippen molar-refractivity contribution in [2.24, 2.45) is 4.99 Å². The molecule has 0 aliphatic rings. The topological polar surface area (TPSA) is 20.5 Å². The van der Waals surface area contributed by atoms with E-state index in [0.29, 0.717) is 6.54 Å². The van der Waals surface area contributed by atoms with Crippen LogP contribution in [0.5, 0.6) is 0 Å². The van der Waals surface area contributed by atoms with Gasteiger partial charge in [-0.15, -0.1) is 0 Å². The lowest BCUT2D eigenvalue weighted by Crippen LogP contribution is -2.08. The van der Waals surface area contributed by atoms with Crippen molar-refractivity contribution in [3.8, 4) is 5.69 Å². The Morgan fingerprint density at radius 1 is 0.913 bits per heavy atom. The van der Waals surface area contributed by atoms with Crippen LogP contribution in [0.1, 0.15) is 11.3 Å². The van der Waals surface area contributed by atoms with E-state index in [1.165, 1.54) is 11.3 Å². The van der Waals surface area contributed by atoms with Gasteiger partial charge in [-0.05, 0) is 42.0 Å². The molecule has 3 aromatic rings. The summed E-state index contributed by atoms with van der Waals surface area (Å²) in [7, 11) is 4.10. The number of anilines is 1. The van der Waals surface area contributed by atoms with Crippen molar-refractivity contribution in [1.82, 2.24) is 4.57 Å². The third kappa shape index (κ3) is 3.69. The van der Waals surface area contributed by atoms with E-state index in [2.05, 4.69) is 63.1 Å². The zero-order valence-electron chi connectivity index (χ0n) is 13.6. The van der Waals surface area contributed by atoms with Crippen molar-refractivity contribution in [1.29, 1.82) is 0 Å². The Hall–Kier alpha value is -2.81. The third-order valence-electron chi connectivity index (χ3n) is 3.76. The minimum Gasteiger partial charge on any atom is -0.378 e. The highest BCUT2D eigenvalue weighted by molar-refractivity contribution is 5.78. The molecular formula is C20H21N3. The average Bonchev–Trinajstić information content (AvgIpc) is 3.04. The van der Waals surface area contributed by atoms with Gasteiger partial charge in [0.15, 0.2) is 0 Å². The van der Waals surface area contributed by atoms with Gasteiger partial charge in [-0.2, -0.15) is 0 Å². The smallest absolute Gasteiger partial charge is 0.0640 e. The van der Waals surface area contributed by atoms with Crippen LogP contribution < -0.4 is 4.90 Å². The van der Waals surface area contributed by atoms with Crippen LogP contribution in [-0.4, -0.2) is 24.9 Å². The minimum atomic E-state index is 0.700. The van der Waals surface area contributed by atoms with E-state index >= 15 is 0 Å². The SMILES string of the molecule is CN(C)c1ccc(-n2cccc2C=NCc2ccccc2)cc1. The van der Waals surface area contributed by atoms with E-state index in [0.717, 1.165) is 11.4 Å². The van der Waals surface area contributed by atoms with Gasteiger partial charge in [-0.3, -0.25) is 4.99 Å². The predicted octanol–water partition coefficient (Wildman–Crippen LogP) is 4.16. The molecule has 116 valence electrons. The lowest BCUT2D eigenvalue weighted by Gasteiger charge is -2.13. The summed E-state index contributed by atoms with van der Waals surface area (Å²) < 4.78 is 2.15. The Morgan fingerprint density at radius 2 is 1.65 bits per heavy atom. The van der Waals surface area contributed by atoms with E-state index in [1.807, 2.05) is 44.6 Å². The molecule has 0 spiro atoms.